The summed E-state index contributed by atoms with van der Waals surface area (Å²) in [6.07, 6.45) is 2.35. The van der Waals surface area contributed by atoms with E-state index in [0.29, 0.717) is 11.1 Å². The van der Waals surface area contributed by atoms with Crippen molar-refractivity contribution in [1.82, 2.24) is 15.0 Å². The fourth-order valence-electron chi connectivity index (χ4n) is 1.57. The summed E-state index contributed by atoms with van der Waals surface area (Å²) in [5, 5.41) is 3.56. The van der Waals surface area contributed by atoms with E-state index < -0.39 is 0 Å². The molecule has 1 fully saturated rings. The molecule has 2 aromatic rings. The van der Waals surface area contributed by atoms with E-state index in [2.05, 4.69) is 15.0 Å². The smallest absolute Gasteiger partial charge is 0.133 e. The molecule has 0 aliphatic heterocycles. The summed E-state index contributed by atoms with van der Waals surface area (Å²) in [5.74, 6) is 1.38. The van der Waals surface area contributed by atoms with Crippen molar-refractivity contribution >= 4 is 22.9 Å². The average molecular weight is 252 g/mol. The fraction of sp³-hybridized carbons (Fsp3) is 0.364. The molecule has 0 N–H and O–H groups in total. The van der Waals surface area contributed by atoms with Gasteiger partial charge in [-0.1, -0.05) is 11.6 Å². The van der Waals surface area contributed by atoms with Gasteiger partial charge in [0, 0.05) is 17.4 Å². The third-order valence-electron chi connectivity index (χ3n) is 2.54. The maximum Gasteiger partial charge on any atom is 0.133 e. The molecule has 0 unspecified atom stereocenters. The van der Waals surface area contributed by atoms with Gasteiger partial charge in [0.2, 0.25) is 0 Å². The Morgan fingerprint density at radius 3 is 2.69 bits per heavy atom. The zero-order valence-electron chi connectivity index (χ0n) is 8.77. The first kappa shape index (κ1) is 10.2. The molecule has 3 nitrogen and oxygen atoms in total. The van der Waals surface area contributed by atoms with Crippen molar-refractivity contribution in [2.45, 2.75) is 25.7 Å². The minimum Gasteiger partial charge on any atom is -0.240 e. The molecule has 0 spiro atoms. The summed E-state index contributed by atoms with van der Waals surface area (Å²) in [7, 11) is 0. The van der Waals surface area contributed by atoms with Gasteiger partial charge in [-0.25, -0.2) is 15.0 Å². The topological polar surface area (TPSA) is 38.7 Å². The van der Waals surface area contributed by atoms with Crippen LogP contribution < -0.4 is 0 Å². The Labute approximate surface area is 103 Å². The predicted octanol–water partition coefficient (Wildman–Crippen LogP) is 3.44. The second-order valence-corrected chi connectivity index (χ2v) is 5.41. The Morgan fingerprint density at radius 1 is 1.25 bits per heavy atom. The van der Waals surface area contributed by atoms with Crippen LogP contribution in [0.4, 0.5) is 0 Å². The second-order valence-electron chi connectivity index (χ2n) is 3.96. The Balaban J connectivity index is 2.06. The van der Waals surface area contributed by atoms with Crippen LogP contribution in [0.5, 0.6) is 0 Å². The minimum atomic E-state index is 0.511. The van der Waals surface area contributed by atoms with Crippen molar-refractivity contribution in [3.63, 3.8) is 0 Å². The summed E-state index contributed by atoms with van der Waals surface area (Å²) < 4.78 is 0. The monoisotopic (exact) mass is 251 g/mol. The van der Waals surface area contributed by atoms with Crippen LogP contribution in [-0.4, -0.2) is 15.0 Å². The number of hydrogen-bond donors (Lipinski definition) is 0. The van der Waals surface area contributed by atoms with Gasteiger partial charge in [0.1, 0.15) is 16.7 Å². The van der Waals surface area contributed by atoms with Crippen LogP contribution in [-0.2, 0) is 0 Å². The minimum absolute atomic E-state index is 0.511. The normalized spacial score (nSPS) is 15.4. The van der Waals surface area contributed by atoms with Crippen molar-refractivity contribution < 1.29 is 0 Å². The Morgan fingerprint density at radius 2 is 2.06 bits per heavy atom. The van der Waals surface area contributed by atoms with Crippen LogP contribution >= 0.6 is 22.9 Å². The average Bonchev–Trinajstić information content (AvgIpc) is 3.01. The summed E-state index contributed by atoms with van der Waals surface area (Å²) in [6.45, 7) is 1.98. The highest BCUT2D eigenvalue weighted by Gasteiger charge is 2.27. The van der Waals surface area contributed by atoms with Crippen molar-refractivity contribution in [3.05, 3.63) is 27.4 Å². The molecule has 0 radical (unpaired) electrons. The summed E-state index contributed by atoms with van der Waals surface area (Å²) in [6, 6.07) is 1.78. The van der Waals surface area contributed by atoms with Gasteiger partial charge in [0.05, 0.1) is 10.7 Å². The summed E-state index contributed by atoms with van der Waals surface area (Å²) in [5.41, 5.74) is 1.74. The molecule has 3 rings (SSSR count). The summed E-state index contributed by atoms with van der Waals surface area (Å²) in [4.78, 5) is 13.2. The molecular formula is C11H10ClN3S. The van der Waals surface area contributed by atoms with Crippen LogP contribution in [0.1, 0.15) is 29.6 Å². The SMILES string of the molecule is Cc1nc(-c2cc(Cl)nc(C3CC3)n2)cs1. The molecule has 2 aromatic heterocycles. The number of thiazole rings is 1. The standard InChI is InChI=1S/C11H10ClN3S/c1-6-13-9(5-16-6)8-4-10(12)15-11(14-8)7-2-3-7/h4-5,7H,2-3H2,1H3. The largest absolute Gasteiger partial charge is 0.240 e. The molecule has 1 saturated carbocycles. The molecule has 0 atom stereocenters. The van der Waals surface area contributed by atoms with E-state index in [-0.39, 0.29) is 0 Å². The lowest BCUT2D eigenvalue weighted by atomic mass is 10.3. The van der Waals surface area contributed by atoms with Crippen LogP contribution in [0, 0.1) is 6.92 Å². The molecule has 0 amide bonds. The maximum atomic E-state index is 6.00. The predicted molar refractivity (Wildman–Crippen MR) is 64.9 cm³/mol. The number of hydrogen-bond acceptors (Lipinski definition) is 4. The summed E-state index contributed by atoms with van der Waals surface area (Å²) >= 11 is 7.62. The number of nitrogens with zero attached hydrogens (tertiary/aromatic N) is 3. The van der Waals surface area contributed by atoms with Crippen molar-refractivity contribution in [3.8, 4) is 11.4 Å². The zero-order chi connectivity index (χ0) is 11.1. The molecule has 82 valence electrons. The molecule has 2 heterocycles. The molecule has 16 heavy (non-hydrogen) atoms. The van der Waals surface area contributed by atoms with Gasteiger partial charge >= 0.3 is 0 Å². The van der Waals surface area contributed by atoms with Gasteiger partial charge in [0.15, 0.2) is 0 Å². The van der Waals surface area contributed by atoms with Crippen LogP contribution in [0.15, 0.2) is 11.4 Å². The lowest BCUT2D eigenvalue weighted by Crippen LogP contribution is -1.95. The Hall–Kier alpha value is -1.00. The number of rotatable bonds is 2. The third kappa shape index (κ3) is 1.95. The molecule has 1 aliphatic carbocycles. The van der Waals surface area contributed by atoms with Crippen molar-refractivity contribution in [2.75, 3.05) is 0 Å². The van der Waals surface area contributed by atoms with Crippen LogP contribution in [0.3, 0.4) is 0 Å². The third-order valence-corrected chi connectivity index (χ3v) is 3.50. The first-order valence-electron chi connectivity index (χ1n) is 5.19. The Bertz CT molecular complexity index is 534. The van der Waals surface area contributed by atoms with Gasteiger partial charge in [-0.3, -0.25) is 0 Å². The van der Waals surface area contributed by atoms with E-state index in [1.165, 1.54) is 12.8 Å². The van der Waals surface area contributed by atoms with Gasteiger partial charge in [-0.2, -0.15) is 0 Å². The molecule has 0 bridgehead atoms. The van der Waals surface area contributed by atoms with Crippen molar-refractivity contribution in [2.24, 2.45) is 0 Å². The van der Waals surface area contributed by atoms with E-state index in [0.717, 1.165) is 22.2 Å². The van der Waals surface area contributed by atoms with E-state index in [4.69, 9.17) is 11.6 Å². The highest BCUT2D eigenvalue weighted by atomic mass is 35.5. The molecule has 5 heteroatoms. The highest BCUT2D eigenvalue weighted by Crippen LogP contribution is 2.39. The van der Waals surface area contributed by atoms with Gasteiger partial charge < -0.3 is 0 Å². The van der Waals surface area contributed by atoms with Crippen molar-refractivity contribution in [1.29, 1.82) is 0 Å². The van der Waals surface area contributed by atoms with E-state index in [1.54, 1.807) is 17.4 Å². The molecular weight excluding hydrogens is 242 g/mol. The lowest BCUT2D eigenvalue weighted by Gasteiger charge is -2.01. The number of aromatic nitrogens is 3. The number of halogens is 1. The van der Waals surface area contributed by atoms with Gasteiger partial charge in [0.25, 0.3) is 0 Å². The van der Waals surface area contributed by atoms with Crippen LogP contribution in [0.2, 0.25) is 5.15 Å². The maximum absolute atomic E-state index is 6.00. The fourth-order valence-corrected chi connectivity index (χ4v) is 2.37. The first-order valence-corrected chi connectivity index (χ1v) is 6.45. The molecule has 1 aliphatic rings. The van der Waals surface area contributed by atoms with E-state index >= 15 is 0 Å². The van der Waals surface area contributed by atoms with E-state index in [9.17, 15) is 0 Å². The zero-order valence-corrected chi connectivity index (χ0v) is 10.3. The second kappa shape index (κ2) is 3.79. The van der Waals surface area contributed by atoms with Gasteiger partial charge in [-0.15, -0.1) is 11.3 Å². The highest BCUT2D eigenvalue weighted by molar-refractivity contribution is 7.09. The quantitative estimate of drug-likeness (QED) is 0.768. The number of aryl methyl sites for hydroxylation is 1. The van der Waals surface area contributed by atoms with Gasteiger partial charge in [-0.05, 0) is 19.8 Å². The lowest BCUT2D eigenvalue weighted by molar-refractivity contribution is 0.929. The molecule has 0 saturated heterocycles. The molecule has 0 aromatic carbocycles. The Kier molecular flexibility index (Phi) is 2.41. The van der Waals surface area contributed by atoms with Crippen LogP contribution in [0.25, 0.3) is 11.4 Å². The first-order chi connectivity index (χ1) is 7.72. The van der Waals surface area contributed by atoms with E-state index in [1.807, 2.05) is 12.3 Å².